The number of hydrogen-bond acceptors (Lipinski definition) is 4. The van der Waals surface area contributed by atoms with E-state index in [9.17, 15) is 62.3 Å². The van der Waals surface area contributed by atoms with Crippen molar-refractivity contribution in [2.75, 3.05) is 13.2 Å². The van der Waals surface area contributed by atoms with Crippen molar-refractivity contribution in [3.8, 4) is 0 Å². The second-order valence-electron chi connectivity index (χ2n) is 5.79. The van der Waals surface area contributed by atoms with Crippen molar-refractivity contribution < 1.29 is 71.7 Å². The lowest BCUT2D eigenvalue weighted by Crippen LogP contribution is -2.59. The zero-order valence-corrected chi connectivity index (χ0v) is 14.6. The molecule has 4 nitrogen and oxygen atoms in total. The van der Waals surface area contributed by atoms with Crippen LogP contribution >= 0.6 is 0 Å². The monoisotopic (exact) mass is 474 g/mol. The summed E-state index contributed by atoms with van der Waals surface area (Å²) < 4.78 is 157. The topological polar surface area (TPSA) is 52.6 Å². The number of carbonyl (C=O) groups excluding carboxylic acids is 2. The van der Waals surface area contributed by atoms with E-state index in [1.54, 1.807) is 0 Å². The minimum absolute atomic E-state index is 0.343. The minimum atomic E-state index is -6.54. The van der Waals surface area contributed by atoms with Crippen LogP contribution in [-0.4, -0.2) is 61.7 Å². The smallest absolute Gasteiger partial charge is 0.381 e. The second-order valence-corrected chi connectivity index (χ2v) is 5.79. The van der Waals surface area contributed by atoms with Gasteiger partial charge in [0.2, 0.25) is 0 Å². The summed E-state index contributed by atoms with van der Waals surface area (Å²) in [6, 6.07) is 0. The molecule has 0 radical (unpaired) electrons. The Morgan fingerprint density at radius 1 is 0.667 bits per heavy atom. The van der Waals surface area contributed by atoms with Crippen LogP contribution in [0.3, 0.4) is 0 Å². The molecule has 0 aliphatic rings. The maximum atomic E-state index is 13.1. The van der Waals surface area contributed by atoms with Gasteiger partial charge in [0.25, 0.3) is 0 Å². The number of carbonyl (C=O) groups is 2. The quantitative estimate of drug-likeness (QED) is 0.221. The third kappa shape index (κ3) is 7.41. The lowest BCUT2D eigenvalue weighted by atomic mass is 10.1. The van der Waals surface area contributed by atoms with E-state index in [1.807, 2.05) is 0 Å². The summed E-state index contributed by atoms with van der Waals surface area (Å²) in [4.78, 5) is 22.2. The van der Waals surface area contributed by atoms with Crippen molar-refractivity contribution in [3.05, 3.63) is 0 Å². The standard InChI is InChI=1S/C14H14F12O4/c15-9(16)11(19,20)5-29-7(27)3-1-2-4-8(28)30-6-12(21,22)14(25,26)13(23,24)10(17)18/h9-10H,1-6H2. The molecule has 0 bridgehead atoms. The van der Waals surface area contributed by atoms with Crippen LogP contribution in [0.15, 0.2) is 0 Å². The molecule has 0 heterocycles. The van der Waals surface area contributed by atoms with Gasteiger partial charge >= 0.3 is 48.5 Å². The Bertz CT molecular complexity index is 579. The van der Waals surface area contributed by atoms with Crippen LogP contribution in [0.4, 0.5) is 52.7 Å². The number of unbranched alkanes of at least 4 members (excludes halogenated alkanes) is 1. The van der Waals surface area contributed by atoms with E-state index in [4.69, 9.17) is 0 Å². The molecule has 0 spiro atoms. The number of halogens is 12. The Hall–Kier alpha value is -1.90. The summed E-state index contributed by atoms with van der Waals surface area (Å²) >= 11 is 0. The molecule has 16 heteroatoms. The molecule has 0 aromatic heterocycles. The molecule has 0 aromatic carbocycles. The Kier molecular flexibility index (Phi) is 9.76. The van der Waals surface area contributed by atoms with Crippen molar-refractivity contribution in [2.45, 2.75) is 62.2 Å². The van der Waals surface area contributed by atoms with E-state index in [-0.39, 0.29) is 6.42 Å². The molecule has 0 aliphatic carbocycles. The van der Waals surface area contributed by atoms with E-state index in [1.165, 1.54) is 0 Å². The zero-order valence-electron chi connectivity index (χ0n) is 14.6. The first-order valence-corrected chi connectivity index (χ1v) is 7.77. The van der Waals surface area contributed by atoms with Crippen LogP contribution < -0.4 is 0 Å². The molecular formula is C14H14F12O4. The Morgan fingerprint density at radius 3 is 1.43 bits per heavy atom. The fourth-order valence-corrected chi connectivity index (χ4v) is 1.57. The molecule has 0 unspecified atom stereocenters. The van der Waals surface area contributed by atoms with Gasteiger partial charge in [0.05, 0.1) is 0 Å². The molecule has 0 aromatic rings. The summed E-state index contributed by atoms with van der Waals surface area (Å²) in [5.74, 6) is -26.4. The van der Waals surface area contributed by atoms with E-state index in [2.05, 4.69) is 9.47 Å². The van der Waals surface area contributed by atoms with Gasteiger partial charge in [0.15, 0.2) is 13.2 Å². The highest BCUT2D eigenvalue weighted by atomic mass is 19.4. The summed E-state index contributed by atoms with van der Waals surface area (Å²) in [6.07, 6.45) is -11.5. The molecule has 0 saturated heterocycles. The molecule has 0 fully saturated rings. The van der Waals surface area contributed by atoms with Crippen LogP contribution in [0, 0.1) is 0 Å². The number of esters is 2. The zero-order chi connectivity index (χ0) is 24.0. The first-order valence-electron chi connectivity index (χ1n) is 7.77. The van der Waals surface area contributed by atoms with Crippen LogP contribution in [-0.2, 0) is 19.1 Å². The average Bonchev–Trinajstić information content (AvgIpc) is 2.61. The van der Waals surface area contributed by atoms with Gasteiger partial charge in [-0.1, -0.05) is 0 Å². The van der Waals surface area contributed by atoms with Crippen LogP contribution in [0.2, 0.25) is 0 Å². The van der Waals surface area contributed by atoms with Crippen molar-refractivity contribution in [2.24, 2.45) is 0 Å². The van der Waals surface area contributed by atoms with Gasteiger partial charge in [-0.3, -0.25) is 9.59 Å². The molecule has 30 heavy (non-hydrogen) atoms. The Labute approximate surface area is 160 Å². The predicted molar refractivity (Wildman–Crippen MR) is 72.2 cm³/mol. The van der Waals surface area contributed by atoms with E-state index >= 15 is 0 Å². The maximum absolute atomic E-state index is 13.1. The summed E-state index contributed by atoms with van der Waals surface area (Å²) in [5, 5.41) is 0. The molecule has 0 saturated carbocycles. The fourth-order valence-electron chi connectivity index (χ4n) is 1.57. The predicted octanol–water partition coefficient (Wildman–Crippen LogP) is 4.70. The fraction of sp³-hybridized carbons (Fsp3) is 0.857. The average molecular weight is 474 g/mol. The maximum Gasteiger partial charge on any atom is 0.381 e. The van der Waals surface area contributed by atoms with Crippen LogP contribution in [0.5, 0.6) is 0 Å². The molecule has 0 rings (SSSR count). The number of alkyl halides is 12. The van der Waals surface area contributed by atoms with Gasteiger partial charge in [-0.2, -0.15) is 35.1 Å². The summed E-state index contributed by atoms with van der Waals surface area (Å²) in [5.41, 5.74) is 0. The lowest BCUT2D eigenvalue weighted by Gasteiger charge is -2.31. The van der Waals surface area contributed by atoms with Gasteiger partial charge in [0, 0.05) is 12.8 Å². The SMILES string of the molecule is O=C(CCCCC(=O)OCC(F)(F)C(F)(F)C(F)(F)C(F)F)OCC(F)(F)C(F)F. The summed E-state index contributed by atoms with van der Waals surface area (Å²) in [7, 11) is 0. The van der Waals surface area contributed by atoms with Gasteiger partial charge in [-0.15, -0.1) is 0 Å². The first kappa shape index (κ1) is 28.1. The van der Waals surface area contributed by atoms with Gasteiger partial charge in [-0.25, -0.2) is 17.6 Å². The lowest BCUT2D eigenvalue weighted by molar-refractivity contribution is -0.344. The summed E-state index contributed by atoms with van der Waals surface area (Å²) in [6.45, 7) is -4.57. The van der Waals surface area contributed by atoms with E-state index < -0.39 is 81.0 Å². The third-order valence-corrected chi connectivity index (χ3v) is 3.32. The number of rotatable bonds is 13. The van der Waals surface area contributed by atoms with Crippen molar-refractivity contribution in [3.63, 3.8) is 0 Å². The molecule has 0 amide bonds. The van der Waals surface area contributed by atoms with Crippen LogP contribution in [0.1, 0.15) is 25.7 Å². The van der Waals surface area contributed by atoms with E-state index in [0.717, 1.165) is 0 Å². The van der Waals surface area contributed by atoms with Crippen molar-refractivity contribution >= 4 is 11.9 Å². The number of hydrogen-bond donors (Lipinski definition) is 0. The molecule has 0 N–H and O–H groups in total. The normalized spacial score (nSPS) is 13.7. The van der Waals surface area contributed by atoms with Gasteiger partial charge in [-0.05, 0) is 12.8 Å². The third-order valence-electron chi connectivity index (χ3n) is 3.32. The van der Waals surface area contributed by atoms with Gasteiger partial charge in [0.1, 0.15) is 0 Å². The molecular weight excluding hydrogens is 460 g/mol. The molecule has 0 atom stereocenters. The number of ether oxygens (including phenoxy) is 2. The Morgan fingerprint density at radius 2 is 1.07 bits per heavy atom. The van der Waals surface area contributed by atoms with Crippen molar-refractivity contribution in [1.29, 1.82) is 0 Å². The largest absolute Gasteiger partial charge is 0.459 e. The second kappa shape index (κ2) is 10.4. The first-order chi connectivity index (χ1) is 13.4. The molecule has 178 valence electrons. The van der Waals surface area contributed by atoms with Crippen LogP contribution in [0.25, 0.3) is 0 Å². The van der Waals surface area contributed by atoms with Crippen molar-refractivity contribution in [1.82, 2.24) is 0 Å². The highest BCUT2D eigenvalue weighted by Crippen LogP contribution is 2.48. The Balaban J connectivity index is 4.37. The highest BCUT2D eigenvalue weighted by Gasteiger charge is 2.75. The van der Waals surface area contributed by atoms with Gasteiger partial charge < -0.3 is 9.47 Å². The van der Waals surface area contributed by atoms with E-state index in [0.29, 0.717) is 0 Å². The highest BCUT2D eigenvalue weighted by molar-refractivity contribution is 5.70. The molecule has 0 aliphatic heterocycles. The minimum Gasteiger partial charge on any atom is -0.459 e.